The first-order valence-corrected chi connectivity index (χ1v) is 8.63. The maximum atomic E-state index is 12.2. The molecule has 1 heterocycles. The number of carbonyl (C=O) groups excluding carboxylic acids is 1. The molecule has 2 aromatic rings. The highest BCUT2D eigenvalue weighted by molar-refractivity contribution is 7.09. The fourth-order valence-electron chi connectivity index (χ4n) is 1.80. The molecule has 0 aliphatic heterocycles. The molecule has 8 heteroatoms. The average Bonchev–Trinajstić information content (AvgIpc) is 2.95. The number of aromatic nitrogens is 1. The van der Waals surface area contributed by atoms with Crippen molar-refractivity contribution in [3.8, 4) is 5.75 Å². The lowest BCUT2D eigenvalue weighted by Gasteiger charge is -2.11. The van der Waals surface area contributed by atoms with Crippen LogP contribution in [0.4, 0.5) is 5.69 Å². The fraction of sp³-hybridized carbons (Fsp3) is 0.375. The van der Waals surface area contributed by atoms with E-state index >= 15 is 0 Å². The highest BCUT2D eigenvalue weighted by Crippen LogP contribution is 2.28. The van der Waals surface area contributed by atoms with Gasteiger partial charge in [-0.15, -0.1) is 23.7 Å². The Bertz CT molecular complexity index is 677. The molecule has 0 radical (unpaired) electrons. The Labute approximate surface area is 157 Å². The Morgan fingerprint density at radius 1 is 1.46 bits per heavy atom. The zero-order valence-electron chi connectivity index (χ0n) is 13.5. The minimum absolute atomic E-state index is 0. The van der Waals surface area contributed by atoms with Crippen LogP contribution in [0, 0.1) is 5.92 Å². The normalized spacial score (nSPS) is 10.4. The van der Waals surface area contributed by atoms with Crippen LogP contribution in [-0.4, -0.2) is 24.0 Å². The van der Waals surface area contributed by atoms with E-state index in [0.29, 0.717) is 47.6 Å². The molecule has 0 aliphatic rings. The van der Waals surface area contributed by atoms with E-state index in [-0.39, 0.29) is 18.3 Å². The van der Waals surface area contributed by atoms with Gasteiger partial charge in [0.2, 0.25) is 0 Å². The maximum absolute atomic E-state index is 12.2. The van der Waals surface area contributed by atoms with Gasteiger partial charge in [0.25, 0.3) is 5.91 Å². The van der Waals surface area contributed by atoms with Gasteiger partial charge >= 0.3 is 0 Å². The molecule has 0 spiro atoms. The predicted molar refractivity (Wildman–Crippen MR) is 102 cm³/mol. The minimum Gasteiger partial charge on any atom is -0.492 e. The smallest absolute Gasteiger partial charge is 0.275 e. The second-order valence-corrected chi connectivity index (χ2v) is 6.82. The number of ether oxygens (including phenoxy) is 1. The van der Waals surface area contributed by atoms with E-state index in [0.717, 1.165) is 5.01 Å². The highest BCUT2D eigenvalue weighted by atomic mass is 35.5. The van der Waals surface area contributed by atoms with E-state index in [1.807, 2.05) is 0 Å². The first-order valence-electron chi connectivity index (χ1n) is 7.37. The number of benzene rings is 1. The number of halogens is 2. The van der Waals surface area contributed by atoms with Crippen LogP contribution < -0.4 is 15.8 Å². The summed E-state index contributed by atoms with van der Waals surface area (Å²) in [5.41, 5.74) is 6.47. The van der Waals surface area contributed by atoms with Crippen molar-refractivity contribution in [3.05, 3.63) is 39.3 Å². The molecule has 1 amide bonds. The minimum atomic E-state index is -0.267. The van der Waals surface area contributed by atoms with Crippen molar-refractivity contribution in [3.63, 3.8) is 0 Å². The first-order chi connectivity index (χ1) is 11.0. The van der Waals surface area contributed by atoms with Gasteiger partial charge in [0, 0.05) is 17.5 Å². The van der Waals surface area contributed by atoms with Gasteiger partial charge in [-0.2, -0.15) is 0 Å². The highest BCUT2D eigenvalue weighted by Gasteiger charge is 2.12. The zero-order chi connectivity index (χ0) is 16.8. The maximum Gasteiger partial charge on any atom is 0.275 e. The van der Waals surface area contributed by atoms with E-state index in [4.69, 9.17) is 22.1 Å². The van der Waals surface area contributed by atoms with E-state index in [2.05, 4.69) is 24.1 Å². The number of hydrogen-bond donors (Lipinski definition) is 2. The third kappa shape index (κ3) is 5.94. The molecule has 5 nitrogen and oxygen atoms in total. The lowest BCUT2D eigenvalue weighted by molar-refractivity contribution is 0.102. The van der Waals surface area contributed by atoms with Crippen LogP contribution in [0.1, 0.15) is 29.3 Å². The summed E-state index contributed by atoms with van der Waals surface area (Å²) < 4.78 is 5.61. The van der Waals surface area contributed by atoms with Crippen LogP contribution in [0.2, 0.25) is 5.02 Å². The van der Waals surface area contributed by atoms with Crippen molar-refractivity contribution in [1.29, 1.82) is 0 Å². The van der Waals surface area contributed by atoms with Crippen molar-refractivity contribution in [2.24, 2.45) is 11.7 Å². The summed E-state index contributed by atoms with van der Waals surface area (Å²) in [7, 11) is 0. The Balaban J connectivity index is 0.00000288. The van der Waals surface area contributed by atoms with Gasteiger partial charge in [0.05, 0.1) is 16.6 Å². The number of rotatable bonds is 7. The molecule has 2 rings (SSSR count). The third-order valence-electron chi connectivity index (χ3n) is 2.90. The molecule has 0 atom stereocenters. The molecule has 0 aliphatic carbocycles. The number of nitrogens with zero attached hydrogens (tertiary/aromatic N) is 1. The summed E-state index contributed by atoms with van der Waals surface area (Å²) in [6, 6.07) is 5.18. The molecule has 0 bridgehead atoms. The molecule has 24 heavy (non-hydrogen) atoms. The lowest BCUT2D eigenvalue weighted by atomic mass is 10.2. The largest absolute Gasteiger partial charge is 0.492 e. The van der Waals surface area contributed by atoms with Gasteiger partial charge in [-0.1, -0.05) is 25.4 Å². The van der Waals surface area contributed by atoms with E-state index in [1.165, 1.54) is 11.3 Å². The molecule has 3 N–H and O–H groups in total. The monoisotopic (exact) mass is 389 g/mol. The quantitative estimate of drug-likeness (QED) is 0.749. The summed E-state index contributed by atoms with van der Waals surface area (Å²) in [4.78, 5) is 16.4. The molecule has 0 saturated carbocycles. The number of nitrogens with two attached hydrogens (primary N) is 1. The van der Waals surface area contributed by atoms with Crippen molar-refractivity contribution >= 4 is 46.9 Å². The molecule has 0 fully saturated rings. The average molecular weight is 390 g/mol. The van der Waals surface area contributed by atoms with Gasteiger partial charge in [-0.3, -0.25) is 4.79 Å². The summed E-state index contributed by atoms with van der Waals surface area (Å²) in [6.45, 7) is 5.24. The number of carbonyl (C=O) groups is 1. The number of thiazole rings is 1. The Kier molecular flexibility index (Phi) is 8.48. The Morgan fingerprint density at radius 3 is 2.83 bits per heavy atom. The van der Waals surface area contributed by atoms with Crippen molar-refractivity contribution in [1.82, 2.24) is 4.98 Å². The standard InChI is InChI=1S/C16H20ClN3O2S.ClH/c1-10(2)8-22-14-4-3-11(7-12(14)17)19-16(21)13-9-23-15(20-13)5-6-18;/h3-4,7,9-10H,5-6,8,18H2,1-2H3,(H,19,21);1H. The SMILES string of the molecule is CC(C)COc1ccc(NC(=O)c2csc(CCN)n2)cc1Cl.Cl. The molecule has 132 valence electrons. The molecule has 0 saturated heterocycles. The zero-order valence-corrected chi connectivity index (χ0v) is 15.9. The molecule has 1 aromatic carbocycles. The van der Waals surface area contributed by atoms with Gasteiger partial charge in [-0.25, -0.2) is 4.98 Å². The summed E-state index contributed by atoms with van der Waals surface area (Å²) in [6.07, 6.45) is 0.672. The Hall–Kier alpha value is -1.34. The molecular formula is C16H21Cl2N3O2S. The predicted octanol–water partition coefficient (Wildman–Crippen LogP) is 4.01. The Morgan fingerprint density at radius 2 is 2.21 bits per heavy atom. The lowest BCUT2D eigenvalue weighted by Crippen LogP contribution is -2.13. The van der Waals surface area contributed by atoms with Crippen molar-refractivity contribution < 1.29 is 9.53 Å². The van der Waals surface area contributed by atoms with E-state index < -0.39 is 0 Å². The summed E-state index contributed by atoms with van der Waals surface area (Å²) >= 11 is 7.61. The van der Waals surface area contributed by atoms with Crippen LogP contribution in [0.5, 0.6) is 5.75 Å². The van der Waals surface area contributed by atoms with Crippen LogP contribution in [0.3, 0.4) is 0 Å². The van der Waals surface area contributed by atoms with Crippen LogP contribution in [0.25, 0.3) is 0 Å². The number of nitrogens with one attached hydrogen (secondary N) is 1. The number of anilines is 1. The fourth-order valence-corrected chi connectivity index (χ4v) is 2.83. The second-order valence-electron chi connectivity index (χ2n) is 5.47. The van der Waals surface area contributed by atoms with Gasteiger partial charge in [0.1, 0.15) is 11.4 Å². The number of amides is 1. The molecule has 1 aromatic heterocycles. The van der Waals surface area contributed by atoms with Crippen LogP contribution in [-0.2, 0) is 6.42 Å². The third-order valence-corrected chi connectivity index (χ3v) is 4.11. The van der Waals surface area contributed by atoms with Crippen LogP contribution >= 0.6 is 35.3 Å². The molecular weight excluding hydrogens is 369 g/mol. The first kappa shape index (κ1) is 20.7. The summed E-state index contributed by atoms with van der Waals surface area (Å²) in [5.74, 6) is 0.756. The van der Waals surface area contributed by atoms with E-state index in [1.54, 1.807) is 23.6 Å². The van der Waals surface area contributed by atoms with E-state index in [9.17, 15) is 4.79 Å². The topological polar surface area (TPSA) is 77.2 Å². The van der Waals surface area contributed by atoms with Gasteiger partial charge < -0.3 is 15.8 Å². The van der Waals surface area contributed by atoms with Crippen molar-refractivity contribution in [2.45, 2.75) is 20.3 Å². The van der Waals surface area contributed by atoms with Crippen LogP contribution in [0.15, 0.2) is 23.6 Å². The van der Waals surface area contributed by atoms with Crippen molar-refractivity contribution in [2.75, 3.05) is 18.5 Å². The van der Waals surface area contributed by atoms with Gasteiger partial charge in [0.15, 0.2) is 0 Å². The number of hydrogen-bond acceptors (Lipinski definition) is 5. The van der Waals surface area contributed by atoms with Gasteiger partial charge in [-0.05, 0) is 30.7 Å². The molecule has 0 unspecified atom stereocenters. The second kappa shape index (κ2) is 9.84. The summed E-state index contributed by atoms with van der Waals surface area (Å²) in [5, 5.41) is 5.82.